The van der Waals surface area contributed by atoms with E-state index in [1.807, 2.05) is 13.0 Å². The van der Waals surface area contributed by atoms with Crippen LogP contribution in [0.4, 0.5) is 0 Å². The molecule has 0 radical (unpaired) electrons. The molecule has 3 fully saturated rings. The van der Waals surface area contributed by atoms with Gasteiger partial charge in [0.25, 0.3) is 0 Å². The first-order valence-corrected chi connectivity index (χ1v) is 9.87. The quantitative estimate of drug-likeness (QED) is 0.773. The smallest absolute Gasteiger partial charge is 0.155 e. The first kappa shape index (κ1) is 16.8. The predicted molar refractivity (Wildman–Crippen MR) is 93.3 cm³/mol. The Morgan fingerprint density at radius 3 is 2.67 bits per heavy atom. The van der Waals surface area contributed by atoms with Crippen LogP contribution < -0.4 is 0 Å². The average molecular weight is 332 g/mol. The van der Waals surface area contributed by atoms with Crippen molar-refractivity contribution in [2.24, 2.45) is 34.5 Å². The van der Waals surface area contributed by atoms with Crippen LogP contribution in [-0.2, 0) is 4.79 Å². The van der Waals surface area contributed by atoms with Gasteiger partial charge in [0, 0.05) is 6.42 Å². The highest BCUT2D eigenvalue weighted by Crippen LogP contribution is 2.66. The van der Waals surface area contributed by atoms with Gasteiger partial charge in [0.15, 0.2) is 5.78 Å². The van der Waals surface area contributed by atoms with E-state index in [9.17, 15) is 15.0 Å². The van der Waals surface area contributed by atoms with Gasteiger partial charge in [-0.2, -0.15) is 0 Å². The van der Waals surface area contributed by atoms with E-state index >= 15 is 0 Å². The van der Waals surface area contributed by atoms with Gasteiger partial charge in [0.2, 0.25) is 0 Å². The van der Waals surface area contributed by atoms with Gasteiger partial charge in [0.05, 0.1) is 12.2 Å². The Morgan fingerprint density at radius 1 is 1.21 bits per heavy atom. The number of aliphatic hydroxyl groups excluding tert-OH is 2. The Kier molecular flexibility index (Phi) is 3.78. The van der Waals surface area contributed by atoms with Gasteiger partial charge >= 0.3 is 0 Å². The second-order valence-corrected chi connectivity index (χ2v) is 9.59. The van der Waals surface area contributed by atoms with E-state index < -0.39 is 0 Å². The number of rotatable bonds is 1. The van der Waals surface area contributed by atoms with Crippen LogP contribution in [0.5, 0.6) is 0 Å². The number of aliphatic hydroxyl groups is 2. The van der Waals surface area contributed by atoms with Crippen molar-refractivity contribution in [3.63, 3.8) is 0 Å². The highest BCUT2D eigenvalue weighted by molar-refractivity contribution is 5.91. The summed E-state index contributed by atoms with van der Waals surface area (Å²) in [6.07, 6.45) is 8.04. The summed E-state index contributed by atoms with van der Waals surface area (Å²) >= 11 is 0. The number of allylic oxidation sites excluding steroid dienone is 1. The topological polar surface area (TPSA) is 57.5 Å². The molecular weight excluding hydrogens is 300 g/mol. The van der Waals surface area contributed by atoms with Crippen molar-refractivity contribution in [3.05, 3.63) is 11.6 Å². The van der Waals surface area contributed by atoms with Crippen molar-refractivity contribution in [2.75, 3.05) is 0 Å². The molecule has 0 amide bonds. The van der Waals surface area contributed by atoms with Crippen LogP contribution in [0.3, 0.4) is 0 Å². The Labute approximate surface area is 145 Å². The molecule has 3 nitrogen and oxygen atoms in total. The monoisotopic (exact) mass is 332 g/mol. The van der Waals surface area contributed by atoms with Crippen LogP contribution in [0.15, 0.2) is 11.6 Å². The molecule has 3 heteroatoms. The predicted octanol–water partition coefficient (Wildman–Crippen LogP) is 3.49. The van der Waals surface area contributed by atoms with Gasteiger partial charge in [-0.15, -0.1) is 0 Å². The Bertz CT molecular complexity index is 580. The third-order valence-electron chi connectivity index (χ3n) is 8.55. The molecule has 0 spiro atoms. The molecule has 3 saturated carbocycles. The molecule has 0 aliphatic heterocycles. The van der Waals surface area contributed by atoms with Crippen LogP contribution in [0.2, 0.25) is 0 Å². The third-order valence-corrected chi connectivity index (χ3v) is 8.55. The van der Waals surface area contributed by atoms with Gasteiger partial charge in [-0.25, -0.2) is 0 Å². The molecule has 4 rings (SSSR count). The zero-order valence-electron chi connectivity index (χ0n) is 15.3. The van der Waals surface area contributed by atoms with Crippen molar-refractivity contribution in [3.8, 4) is 0 Å². The molecule has 2 N–H and O–H groups in total. The maximum absolute atomic E-state index is 11.9. The molecule has 0 aromatic rings. The Hall–Kier alpha value is -0.670. The van der Waals surface area contributed by atoms with E-state index in [1.54, 1.807) is 0 Å². The molecule has 4 aliphatic carbocycles. The van der Waals surface area contributed by atoms with Crippen molar-refractivity contribution in [1.82, 2.24) is 0 Å². The Balaban J connectivity index is 1.71. The normalized spacial score (nSPS) is 52.1. The van der Waals surface area contributed by atoms with E-state index in [2.05, 4.69) is 13.8 Å². The van der Waals surface area contributed by atoms with E-state index in [4.69, 9.17) is 0 Å². The SMILES string of the molecule is C[C@@H](O)[C@H]1CCC2C3CCC4=CC(=O)CC[C@]4(C)C3[C@@H](O)C[C@@]21C. The zero-order valence-corrected chi connectivity index (χ0v) is 15.3. The number of fused-ring (bicyclic) bond motifs is 5. The zero-order chi connectivity index (χ0) is 17.3. The van der Waals surface area contributed by atoms with Crippen LogP contribution in [0.25, 0.3) is 0 Å². The summed E-state index contributed by atoms with van der Waals surface area (Å²) in [5.41, 5.74) is 1.37. The summed E-state index contributed by atoms with van der Waals surface area (Å²) in [6.45, 7) is 6.54. The highest BCUT2D eigenvalue weighted by atomic mass is 16.3. The fourth-order valence-electron chi connectivity index (χ4n) is 7.52. The van der Waals surface area contributed by atoms with Crippen molar-refractivity contribution in [1.29, 1.82) is 0 Å². The summed E-state index contributed by atoms with van der Waals surface area (Å²) in [6, 6.07) is 0. The lowest BCUT2D eigenvalue weighted by Gasteiger charge is -2.60. The van der Waals surface area contributed by atoms with Crippen molar-refractivity contribution in [2.45, 2.75) is 77.9 Å². The van der Waals surface area contributed by atoms with Gasteiger partial charge in [0.1, 0.15) is 0 Å². The van der Waals surface area contributed by atoms with Gasteiger partial charge < -0.3 is 10.2 Å². The average Bonchev–Trinajstić information content (AvgIpc) is 2.84. The van der Waals surface area contributed by atoms with Crippen LogP contribution >= 0.6 is 0 Å². The number of ketones is 1. The maximum atomic E-state index is 11.9. The van der Waals surface area contributed by atoms with Crippen molar-refractivity contribution >= 4 is 5.78 Å². The first-order valence-electron chi connectivity index (χ1n) is 9.87. The van der Waals surface area contributed by atoms with E-state index in [0.29, 0.717) is 24.2 Å². The second-order valence-electron chi connectivity index (χ2n) is 9.59. The number of hydrogen-bond acceptors (Lipinski definition) is 3. The lowest BCUT2D eigenvalue weighted by atomic mass is 9.46. The molecule has 0 aromatic heterocycles. The summed E-state index contributed by atoms with van der Waals surface area (Å²) in [4.78, 5) is 11.9. The van der Waals surface area contributed by atoms with E-state index in [-0.39, 0.29) is 34.7 Å². The fraction of sp³-hybridized carbons (Fsp3) is 0.857. The fourth-order valence-corrected chi connectivity index (χ4v) is 7.52. The Morgan fingerprint density at radius 2 is 1.96 bits per heavy atom. The highest BCUT2D eigenvalue weighted by Gasteiger charge is 2.62. The standard InChI is InChI=1S/C21H32O3/c1-12(22)16-6-7-17-15-5-4-13-10-14(23)8-9-20(13,2)19(15)18(24)11-21(16,17)3/h10,12,15-19,22,24H,4-9,11H2,1-3H3/t12-,15?,16-,17?,18+,19?,20+,21-/m1/s1. The molecule has 4 aliphatic rings. The second kappa shape index (κ2) is 5.41. The molecule has 0 aromatic carbocycles. The number of hydrogen-bond donors (Lipinski definition) is 2. The lowest BCUT2D eigenvalue weighted by molar-refractivity contribution is -0.140. The minimum Gasteiger partial charge on any atom is -0.393 e. The van der Waals surface area contributed by atoms with Crippen LogP contribution in [-0.4, -0.2) is 28.2 Å². The van der Waals surface area contributed by atoms with E-state index in [0.717, 1.165) is 32.1 Å². The minimum absolute atomic E-state index is 0.000487. The van der Waals surface area contributed by atoms with Crippen LogP contribution in [0, 0.1) is 34.5 Å². The molecule has 3 unspecified atom stereocenters. The molecular formula is C21H32O3. The summed E-state index contributed by atoms with van der Waals surface area (Å²) in [5.74, 6) is 2.03. The third kappa shape index (κ3) is 2.13. The van der Waals surface area contributed by atoms with E-state index in [1.165, 1.54) is 12.0 Å². The van der Waals surface area contributed by atoms with Gasteiger partial charge in [-0.1, -0.05) is 19.4 Å². The van der Waals surface area contributed by atoms with Gasteiger partial charge in [-0.3, -0.25) is 4.79 Å². The molecule has 134 valence electrons. The molecule has 0 saturated heterocycles. The molecule has 0 bridgehead atoms. The number of carbonyl (C=O) groups excluding carboxylic acids is 1. The minimum atomic E-state index is -0.308. The summed E-state index contributed by atoms with van der Waals surface area (Å²) in [7, 11) is 0. The maximum Gasteiger partial charge on any atom is 0.155 e. The summed E-state index contributed by atoms with van der Waals surface area (Å²) in [5, 5.41) is 21.5. The van der Waals surface area contributed by atoms with Crippen LogP contribution in [0.1, 0.15) is 65.7 Å². The molecule has 8 atom stereocenters. The van der Waals surface area contributed by atoms with Gasteiger partial charge in [-0.05, 0) is 86.0 Å². The first-order chi connectivity index (χ1) is 11.3. The lowest BCUT2D eigenvalue weighted by Crippen LogP contribution is -2.57. The van der Waals surface area contributed by atoms with Crippen molar-refractivity contribution < 1.29 is 15.0 Å². The largest absolute Gasteiger partial charge is 0.393 e. The number of carbonyl (C=O) groups is 1. The summed E-state index contributed by atoms with van der Waals surface area (Å²) < 4.78 is 0. The molecule has 24 heavy (non-hydrogen) atoms. The molecule has 0 heterocycles.